The standard InChI is InChI=1S/C30H31NO4S/c1-21-7-15-27(16-8-21)36(33,34)31-18-17-28(23-11-13-26(35-2)14-12-23)29(20-31)30(32)25-10-9-22-5-3-4-6-24(22)19-25/h3-16,19,28-30,32H,17-18,20H2,1-2H3/t28-,29+,30+/m1/s1. The Hall–Kier alpha value is -3.19. The van der Waals surface area contributed by atoms with Crippen LogP contribution in [0.1, 0.15) is 35.1 Å². The van der Waals surface area contributed by atoms with E-state index >= 15 is 0 Å². The highest BCUT2D eigenvalue weighted by molar-refractivity contribution is 7.89. The second-order valence-corrected chi connectivity index (χ2v) is 11.5. The summed E-state index contributed by atoms with van der Waals surface area (Å²) in [6.07, 6.45) is -0.204. The minimum atomic E-state index is -3.68. The minimum Gasteiger partial charge on any atom is -0.497 e. The molecule has 0 aromatic heterocycles. The molecular formula is C30H31NO4S. The molecule has 6 heteroatoms. The van der Waals surface area contributed by atoms with Crippen LogP contribution in [0.4, 0.5) is 0 Å². The second-order valence-electron chi connectivity index (χ2n) is 9.56. The van der Waals surface area contributed by atoms with Gasteiger partial charge >= 0.3 is 0 Å². The zero-order valence-corrected chi connectivity index (χ0v) is 21.4. The summed E-state index contributed by atoms with van der Waals surface area (Å²) in [5.74, 6) is 0.458. The van der Waals surface area contributed by atoms with E-state index in [0.29, 0.717) is 13.0 Å². The number of methoxy groups -OCH3 is 1. The van der Waals surface area contributed by atoms with Gasteiger partial charge in [-0.1, -0.05) is 66.2 Å². The lowest BCUT2D eigenvalue weighted by molar-refractivity contribution is 0.0588. The van der Waals surface area contributed by atoms with Crippen LogP contribution in [0.3, 0.4) is 0 Å². The van der Waals surface area contributed by atoms with Crippen LogP contribution in [0.5, 0.6) is 5.75 Å². The van der Waals surface area contributed by atoms with Crippen LogP contribution in [-0.4, -0.2) is 38.0 Å². The fraction of sp³-hybridized carbons (Fsp3) is 0.267. The Bertz CT molecular complexity index is 1450. The number of aliphatic hydroxyl groups is 1. The molecule has 1 N–H and O–H groups in total. The van der Waals surface area contributed by atoms with Crippen LogP contribution in [0, 0.1) is 12.8 Å². The normalized spacial score (nSPS) is 19.8. The Kier molecular flexibility index (Phi) is 6.84. The van der Waals surface area contributed by atoms with Gasteiger partial charge < -0.3 is 9.84 Å². The maximum atomic E-state index is 13.5. The highest BCUT2D eigenvalue weighted by Gasteiger charge is 2.40. The van der Waals surface area contributed by atoms with E-state index < -0.39 is 16.1 Å². The molecule has 0 unspecified atom stereocenters. The second kappa shape index (κ2) is 10.1. The quantitative estimate of drug-likeness (QED) is 0.369. The van der Waals surface area contributed by atoms with Crippen LogP contribution < -0.4 is 4.74 Å². The van der Waals surface area contributed by atoms with Gasteiger partial charge in [-0.3, -0.25) is 0 Å². The average molecular weight is 502 g/mol. The number of hydrogen-bond acceptors (Lipinski definition) is 4. The van der Waals surface area contributed by atoms with Crippen molar-refractivity contribution in [2.24, 2.45) is 5.92 Å². The molecule has 1 aliphatic rings. The predicted molar refractivity (Wildman–Crippen MR) is 143 cm³/mol. The largest absolute Gasteiger partial charge is 0.497 e. The molecule has 3 atom stereocenters. The highest BCUT2D eigenvalue weighted by Crippen LogP contribution is 2.42. The Morgan fingerprint density at radius 2 is 1.61 bits per heavy atom. The summed E-state index contributed by atoms with van der Waals surface area (Å²) in [5, 5.41) is 13.8. The van der Waals surface area contributed by atoms with Gasteiger partial charge in [0.1, 0.15) is 5.75 Å². The molecule has 0 saturated carbocycles. The van der Waals surface area contributed by atoms with Crippen LogP contribution in [0.15, 0.2) is 95.9 Å². The van der Waals surface area contributed by atoms with Gasteiger partial charge in [0.25, 0.3) is 0 Å². The molecule has 5 nitrogen and oxygen atoms in total. The Labute approximate surface area is 213 Å². The van der Waals surface area contributed by atoms with Crippen LogP contribution in [-0.2, 0) is 10.0 Å². The molecule has 0 amide bonds. The molecule has 0 bridgehead atoms. The van der Waals surface area contributed by atoms with Gasteiger partial charge in [0.15, 0.2) is 0 Å². The number of fused-ring (bicyclic) bond motifs is 1. The summed E-state index contributed by atoms with van der Waals surface area (Å²) in [6.45, 7) is 2.57. The summed E-state index contributed by atoms with van der Waals surface area (Å²) < 4.78 is 33.9. The van der Waals surface area contributed by atoms with Crippen LogP contribution in [0.2, 0.25) is 0 Å². The molecule has 4 aromatic rings. The van der Waals surface area contributed by atoms with Gasteiger partial charge in [0.05, 0.1) is 18.1 Å². The first-order valence-corrected chi connectivity index (χ1v) is 13.7. The Morgan fingerprint density at radius 3 is 2.31 bits per heavy atom. The van der Waals surface area contributed by atoms with E-state index in [1.165, 1.54) is 4.31 Å². The highest BCUT2D eigenvalue weighted by atomic mass is 32.2. The van der Waals surface area contributed by atoms with Gasteiger partial charge in [-0.05, 0) is 71.5 Å². The van der Waals surface area contributed by atoms with Crippen molar-refractivity contribution in [3.05, 3.63) is 108 Å². The number of aliphatic hydroxyl groups excluding tert-OH is 1. The molecule has 0 radical (unpaired) electrons. The van der Waals surface area contributed by atoms with E-state index in [9.17, 15) is 13.5 Å². The van der Waals surface area contributed by atoms with Crippen LogP contribution >= 0.6 is 0 Å². The maximum Gasteiger partial charge on any atom is 0.243 e. The summed E-state index contributed by atoms with van der Waals surface area (Å²) in [6, 6.07) is 28.9. The SMILES string of the molecule is COc1ccc([C@H]2CCN(S(=O)(=O)c3ccc(C)cc3)C[C@@H]2[C@@H](O)c2ccc3ccccc3c2)cc1. The maximum absolute atomic E-state index is 13.5. The third-order valence-corrected chi connectivity index (χ3v) is 9.22. The van der Waals surface area contributed by atoms with Crippen molar-refractivity contribution in [3.63, 3.8) is 0 Å². The number of benzene rings is 4. The fourth-order valence-corrected chi connectivity index (χ4v) is 6.74. The first-order valence-electron chi connectivity index (χ1n) is 12.2. The van der Waals surface area contributed by atoms with Crippen molar-refractivity contribution < 1.29 is 18.3 Å². The summed E-state index contributed by atoms with van der Waals surface area (Å²) in [7, 11) is -2.04. The number of ether oxygens (including phenoxy) is 1. The van der Waals surface area contributed by atoms with Gasteiger partial charge in [-0.15, -0.1) is 0 Å². The van der Waals surface area contributed by atoms with Crippen molar-refractivity contribution in [2.75, 3.05) is 20.2 Å². The first-order chi connectivity index (χ1) is 17.4. The zero-order chi connectivity index (χ0) is 25.3. The summed E-state index contributed by atoms with van der Waals surface area (Å²) in [5.41, 5.74) is 2.89. The lowest BCUT2D eigenvalue weighted by Crippen LogP contribution is -2.45. The summed E-state index contributed by atoms with van der Waals surface area (Å²) in [4.78, 5) is 0.287. The van der Waals surface area contributed by atoms with Crippen LogP contribution in [0.25, 0.3) is 10.8 Å². The third kappa shape index (κ3) is 4.76. The number of piperidine rings is 1. The monoisotopic (exact) mass is 501 g/mol. The average Bonchev–Trinajstić information content (AvgIpc) is 2.92. The molecular weight excluding hydrogens is 470 g/mol. The number of nitrogens with zero attached hydrogens (tertiary/aromatic N) is 1. The Balaban J connectivity index is 1.51. The summed E-state index contributed by atoms with van der Waals surface area (Å²) >= 11 is 0. The minimum absolute atomic E-state index is 0.00171. The van der Waals surface area contributed by atoms with E-state index in [-0.39, 0.29) is 23.3 Å². The lowest BCUT2D eigenvalue weighted by Gasteiger charge is -2.40. The molecule has 1 heterocycles. The Morgan fingerprint density at radius 1 is 0.917 bits per heavy atom. The molecule has 1 aliphatic heterocycles. The van der Waals surface area contributed by atoms with Gasteiger partial charge in [0, 0.05) is 19.0 Å². The van der Waals surface area contributed by atoms with Gasteiger partial charge in [-0.2, -0.15) is 4.31 Å². The number of rotatable bonds is 6. The van der Waals surface area contributed by atoms with E-state index in [4.69, 9.17) is 4.74 Å². The predicted octanol–water partition coefficient (Wildman–Crippen LogP) is 5.68. The molecule has 4 aromatic carbocycles. The molecule has 0 aliphatic carbocycles. The van der Waals surface area contributed by atoms with Gasteiger partial charge in [0.2, 0.25) is 10.0 Å². The number of sulfonamides is 1. The molecule has 186 valence electrons. The fourth-order valence-electron chi connectivity index (χ4n) is 5.25. The smallest absolute Gasteiger partial charge is 0.243 e. The molecule has 1 fully saturated rings. The number of hydrogen-bond donors (Lipinski definition) is 1. The third-order valence-electron chi connectivity index (χ3n) is 7.34. The van der Waals surface area contributed by atoms with E-state index in [1.54, 1.807) is 19.2 Å². The topological polar surface area (TPSA) is 66.8 Å². The van der Waals surface area contributed by atoms with Gasteiger partial charge in [-0.25, -0.2) is 8.42 Å². The molecule has 0 spiro atoms. The van der Waals surface area contributed by atoms with Crippen molar-refractivity contribution >= 4 is 20.8 Å². The molecule has 1 saturated heterocycles. The van der Waals surface area contributed by atoms with E-state index in [0.717, 1.165) is 33.2 Å². The molecule has 36 heavy (non-hydrogen) atoms. The lowest BCUT2D eigenvalue weighted by atomic mass is 9.76. The van der Waals surface area contributed by atoms with Crippen molar-refractivity contribution in [1.82, 2.24) is 4.31 Å². The van der Waals surface area contributed by atoms with E-state index in [1.807, 2.05) is 85.8 Å². The number of aryl methyl sites for hydroxylation is 1. The van der Waals surface area contributed by atoms with Crippen molar-refractivity contribution in [1.29, 1.82) is 0 Å². The molecule has 5 rings (SSSR count). The van der Waals surface area contributed by atoms with E-state index in [2.05, 4.69) is 0 Å². The van der Waals surface area contributed by atoms with Crippen molar-refractivity contribution in [3.8, 4) is 5.75 Å². The van der Waals surface area contributed by atoms with Crippen molar-refractivity contribution in [2.45, 2.75) is 30.3 Å². The first kappa shape index (κ1) is 24.5. The zero-order valence-electron chi connectivity index (χ0n) is 20.5.